The molecule has 0 spiro atoms. The van der Waals surface area contributed by atoms with Crippen LogP contribution < -0.4 is 10.6 Å². The maximum atomic E-state index is 15.1. The maximum absolute atomic E-state index is 15.1. The molecule has 7 aromatic rings. The molecule has 1 saturated heterocycles. The highest BCUT2D eigenvalue weighted by molar-refractivity contribution is 7.87. The van der Waals surface area contributed by atoms with E-state index in [0.29, 0.717) is 16.7 Å². The summed E-state index contributed by atoms with van der Waals surface area (Å²) in [6, 6.07) is 54.1. The predicted octanol–water partition coefficient (Wildman–Crippen LogP) is 9.65. The van der Waals surface area contributed by atoms with Crippen molar-refractivity contribution in [1.29, 1.82) is 0 Å². The summed E-state index contributed by atoms with van der Waals surface area (Å²) in [6.45, 7) is 0. The summed E-state index contributed by atoms with van der Waals surface area (Å²) in [5.74, 6) is -4.29. The second-order valence-electron chi connectivity index (χ2n) is 16.4. The minimum Gasteiger partial charge on any atom is -0.464 e. The molecule has 2 atom stereocenters. The van der Waals surface area contributed by atoms with E-state index in [9.17, 15) is 31.2 Å². The Morgan fingerprint density at radius 1 is 0.722 bits per heavy atom. The number of benzene rings is 6. The van der Waals surface area contributed by atoms with Gasteiger partial charge in [-0.25, -0.2) is 9.78 Å². The summed E-state index contributed by atoms with van der Waals surface area (Å²) in [5, 5.41) is 11.2. The molecule has 0 radical (unpaired) electrons. The van der Waals surface area contributed by atoms with Gasteiger partial charge in [0.25, 0.3) is 11.8 Å². The molecule has 13 nitrogen and oxygen atoms in total. The Kier molecular flexibility index (Phi) is 13.8. The number of hydrogen-bond acceptors (Lipinski definition) is 12. The van der Waals surface area contributed by atoms with Gasteiger partial charge in [0.2, 0.25) is 5.60 Å². The third-order valence-corrected chi connectivity index (χ3v) is 14.5. The number of rotatable bonds is 16. The number of fused-ring (bicyclic) bond motifs is 1. The average molecular weight is 1030 g/mol. The molecule has 6 aromatic carbocycles. The van der Waals surface area contributed by atoms with Crippen molar-refractivity contribution >= 4 is 61.7 Å². The lowest BCUT2D eigenvalue weighted by Crippen LogP contribution is -2.72. The zero-order valence-corrected chi connectivity index (χ0v) is 40.2. The Morgan fingerprint density at radius 2 is 1.15 bits per heavy atom. The van der Waals surface area contributed by atoms with Crippen LogP contribution in [0.5, 0.6) is 0 Å². The number of oxime groups is 1. The van der Waals surface area contributed by atoms with Gasteiger partial charge < -0.3 is 24.4 Å². The Hall–Kier alpha value is -7.80. The molecule has 0 bridgehead atoms. The molecule has 2 aliphatic heterocycles. The summed E-state index contributed by atoms with van der Waals surface area (Å²) in [6.07, 6.45) is -0.800. The largest absolute Gasteiger partial charge is 0.534 e. The number of alkyl halides is 3. The van der Waals surface area contributed by atoms with Gasteiger partial charge in [-0.15, -0.1) is 0 Å². The van der Waals surface area contributed by atoms with Gasteiger partial charge in [-0.1, -0.05) is 210 Å². The van der Waals surface area contributed by atoms with Crippen LogP contribution in [-0.2, 0) is 49.4 Å². The fourth-order valence-corrected chi connectivity index (χ4v) is 10.6. The standard InChI is InChI=1S/C53H41ClF3N5O8S2/c1-68-49(65)45-41(69-72(66,67)53(55,56)57)33-32-40-42(48(64)62(40)45)58-47(63)44(61-70-52(37-26-14-5-15-27-37,38-28-16-6-17-29-38)39-30-18-7-19-31-39)43-46(54)71-50(59-43)60-51(34-20-8-2-9-21-34,35-22-10-3-11-23-35)36-24-12-4-13-25-36/h2-31,40,42H,32-33H2,1H3,(H,58,63)(H,59,60). The number of nitrogens with one attached hydrogen (secondary N) is 2. The van der Waals surface area contributed by atoms with Crippen molar-refractivity contribution in [3.8, 4) is 0 Å². The van der Waals surface area contributed by atoms with Gasteiger partial charge >= 0.3 is 21.6 Å². The first-order valence-electron chi connectivity index (χ1n) is 22.2. The summed E-state index contributed by atoms with van der Waals surface area (Å²) < 4.78 is 73.6. The number of amides is 2. The first kappa shape index (κ1) is 49.2. The van der Waals surface area contributed by atoms with Gasteiger partial charge in [-0.3, -0.25) is 14.5 Å². The third-order valence-electron chi connectivity index (χ3n) is 12.3. The topological polar surface area (TPSA) is 166 Å². The van der Waals surface area contributed by atoms with E-state index in [1.165, 1.54) is 0 Å². The first-order chi connectivity index (χ1) is 34.7. The molecule has 2 amide bonds. The Balaban J connectivity index is 1.17. The zero-order valence-electron chi connectivity index (χ0n) is 37.8. The molecule has 0 saturated carbocycles. The lowest BCUT2D eigenvalue weighted by atomic mass is 9.77. The minimum atomic E-state index is -6.25. The van der Waals surface area contributed by atoms with Crippen LogP contribution in [0.2, 0.25) is 4.34 Å². The van der Waals surface area contributed by atoms with E-state index < -0.39 is 80.2 Å². The number of allylic oxidation sites excluding steroid dienone is 1. The SMILES string of the molecule is COC(=O)C1=C(OS(=O)(=O)C(F)(F)F)CCC2C(NC(=O)C(=NOC(c3ccccc3)(c3ccccc3)c3ccccc3)c3nc(NC(c4ccccc4)(c4ccccc4)c4ccccc4)sc3Cl)C(=O)N12. The van der Waals surface area contributed by atoms with Crippen LogP contribution in [0, 0.1) is 0 Å². The molecular formula is C53H41ClF3N5O8S2. The molecule has 1 fully saturated rings. The van der Waals surface area contributed by atoms with Gasteiger partial charge in [0.05, 0.1) is 13.2 Å². The number of carbonyl (C=O) groups excluding carboxylic acids is 3. The maximum Gasteiger partial charge on any atom is 0.534 e. The number of hydrogen-bond donors (Lipinski definition) is 2. The van der Waals surface area contributed by atoms with Crippen molar-refractivity contribution in [1.82, 2.24) is 15.2 Å². The van der Waals surface area contributed by atoms with Crippen molar-refractivity contribution in [2.45, 2.75) is 41.6 Å². The number of ether oxygens (including phenoxy) is 1. The van der Waals surface area contributed by atoms with E-state index in [2.05, 4.69) is 20.0 Å². The van der Waals surface area contributed by atoms with Gasteiger partial charge in [0, 0.05) is 23.1 Å². The summed E-state index contributed by atoms with van der Waals surface area (Å²) in [5.41, 5.74) is -5.55. The van der Waals surface area contributed by atoms with E-state index >= 15 is 4.79 Å². The smallest absolute Gasteiger partial charge is 0.464 e. The minimum absolute atomic E-state index is 0.00868. The Bertz CT molecular complexity index is 3090. The van der Waals surface area contributed by atoms with E-state index in [4.69, 9.17) is 26.2 Å². The normalized spacial score (nSPS) is 16.3. The fourth-order valence-electron chi connectivity index (χ4n) is 9.01. The number of thiazole rings is 1. The number of methoxy groups -OCH3 is 1. The summed E-state index contributed by atoms with van der Waals surface area (Å²) in [7, 11) is -5.35. The highest BCUT2D eigenvalue weighted by atomic mass is 35.5. The van der Waals surface area contributed by atoms with E-state index in [0.717, 1.165) is 40.0 Å². The van der Waals surface area contributed by atoms with Crippen LogP contribution in [0.4, 0.5) is 18.3 Å². The summed E-state index contributed by atoms with van der Waals surface area (Å²) in [4.78, 5) is 54.7. The van der Waals surface area contributed by atoms with Crippen LogP contribution >= 0.6 is 22.9 Å². The molecule has 366 valence electrons. The second-order valence-corrected chi connectivity index (χ2v) is 19.6. The van der Waals surface area contributed by atoms with Gasteiger partial charge in [0.1, 0.15) is 21.6 Å². The monoisotopic (exact) mass is 1030 g/mol. The number of halogens is 4. The van der Waals surface area contributed by atoms with E-state index in [-0.39, 0.29) is 21.6 Å². The van der Waals surface area contributed by atoms with Crippen molar-refractivity contribution in [3.05, 3.63) is 237 Å². The highest BCUT2D eigenvalue weighted by Gasteiger charge is 2.57. The molecule has 0 aliphatic carbocycles. The van der Waals surface area contributed by atoms with Crippen LogP contribution in [0.3, 0.4) is 0 Å². The number of esters is 1. The third kappa shape index (κ3) is 9.08. The quantitative estimate of drug-likeness (QED) is 0.0181. The number of aromatic nitrogens is 1. The molecular weight excluding hydrogens is 991 g/mol. The lowest BCUT2D eigenvalue weighted by molar-refractivity contribution is -0.157. The van der Waals surface area contributed by atoms with Crippen LogP contribution in [0.1, 0.15) is 51.9 Å². The average Bonchev–Trinajstić information content (AvgIpc) is 3.77. The summed E-state index contributed by atoms with van der Waals surface area (Å²) >= 11 is 8.18. The van der Waals surface area contributed by atoms with Gasteiger partial charge in [0.15, 0.2) is 22.3 Å². The highest BCUT2D eigenvalue weighted by Crippen LogP contribution is 2.45. The molecule has 3 heterocycles. The van der Waals surface area contributed by atoms with Crippen LogP contribution in [0.25, 0.3) is 0 Å². The van der Waals surface area contributed by atoms with Crippen LogP contribution in [-0.4, -0.2) is 66.5 Å². The molecule has 1 aromatic heterocycles. The van der Waals surface area contributed by atoms with Crippen molar-refractivity contribution in [3.63, 3.8) is 0 Å². The zero-order chi connectivity index (χ0) is 50.7. The number of β-lactam (4-membered cyclic amide) rings is 1. The Morgan fingerprint density at radius 3 is 1.57 bits per heavy atom. The van der Waals surface area contributed by atoms with E-state index in [1.54, 1.807) is 0 Å². The second kappa shape index (κ2) is 20.1. The van der Waals surface area contributed by atoms with Crippen molar-refractivity contribution in [2.75, 3.05) is 12.4 Å². The molecule has 2 N–H and O–H groups in total. The van der Waals surface area contributed by atoms with Crippen molar-refractivity contribution < 1.29 is 49.7 Å². The molecule has 9 rings (SSSR count). The molecule has 72 heavy (non-hydrogen) atoms. The fraction of sp³-hybridized carbons (Fsp3) is 0.151. The number of carbonyl (C=O) groups is 3. The van der Waals surface area contributed by atoms with Crippen molar-refractivity contribution in [2.24, 2.45) is 5.16 Å². The van der Waals surface area contributed by atoms with Crippen LogP contribution in [0.15, 0.2) is 199 Å². The lowest BCUT2D eigenvalue weighted by Gasteiger charge is -2.49. The Labute approximate surface area is 420 Å². The molecule has 2 aliphatic rings. The predicted molar refractivity (Wildman–Crippen MR) is 264 cm³/mol. The van der Waals surface area contributed by atoms with Gasteiger partial charge in [-0.2, -0.15) is 21.6 Å². The first-order valence-corrected chi connectivity index (χ1v) is 24.8. The van der Waals surface area contributed by atoms with Gasteiger partial charge in [-0.05, 0) is 23.1 Å². The molecule has 19 heteroatoms. The number of anilines is 1. The number of nitrogens with zero attached hydrogens (tertiary/aromatic N) is 3. The van der Waals surface area contributed by atoms with E-state index in [1.807, 2.05) is 182 Å². The molecule has 2 unspecified atom stereocenters.